The number of piperazine rings is 1. The summed E-state index contributed by atoms with van der Waals surface area (Å²) in [6.45, 7) is 5.94. The highest BCUT2D eigenvalue weighted by molar-refractivity contribution is 5.98. The maximum Gasteiger partial charge on any atom is 0.246 e. The summed E-state index contributed by atoms with van der Waals surface area (Å²) in [6, 6.07) is 0. The number of hydrogen-bond donors (Lipinski definition) is 3. The first-order valence-corrected chi connectivity index (χ1v) is 5.94. The average molecular weight is 227 g/mol. The number of amides is 2. The second kappa shape index (κ2) is 5.84. The van der Waals surface area contributed by atoms with Crippen LogP contribution in [0, 0.1) is 0 Å². The van der Waals surface area contributed by atoms with E-state index in [1.807, 2.05) is 0 Å². The molecule has 3 N–H and O–H groups in total. The van der Waals surface area contributed by atoms with Crippen LogP contribution in [0.2, 0.25) is 0 Å². The molecule has 0 aliphatic carbocycles. The molecule has 2 aliphatic rings. The summed E-state index contributed by atoms with van der Waals surface area (Å²) < 4.78 is 0. The molecule has 1 spiro atoms. The van der Waals surface area contributed by atoms with E-state index in [0.29, 0.717) is 12.8 Å². The molecule has 92 valence electrons. The van der Waals surface area contributed by atoms with Crippen molar-refractivity contribution in [3.63, 3.8) is 0 Å². The Morgan fingerprint density at radius 1 is 1.19 bits per heavy atom. The van der Waals surface area contributed by atoms with E-state index >= 15 is 0 Å². The summed E-state index contributed by atoms with van der Waals surface area (Å²) in [5.41, 5.74) is -0.624. The molecule has 5 nitrogen and oxygen atoms in total. The number of carbonyl (C=O) groups excluding carboxylic acids is 2. The van der Waals surface area contributed by atoms with Gasteiger partial charge in [0.1, 0.15) is 5.54 Å². The zero-order valence-electron chi connectivity index (χ0n) is 10.1. The van der Waals surface area contributed by atoms with Crippen molar-refractivity contribution in [2.24, 2.45) is 0 Å². The minimum absolute atomic E-state index is 0.0337. The van der Waals surface area contributed by atoms with E-state index in [4.69, 9.17) is 0 Å². The van der Waals surface area contributed by atoms with Gasteiger partial charge in [-0.2, -0.15) is 0 Å². The lowest BCUT2D eigenvalue weighted by molar-refractivity contribution is -0.139. The average Bonchev–Trinajstić information content (AvgIpc) is 2.27. The summed E-state index contributed by atoms with van der Waals surface area (Å²) in [6.07, 6.45) is 2.62. The highest BCUT2D eigenvalue weighted by Crippen LogP contribution is 2.20. The van der Waals surface area contributed by atoms with Crippen molar-refractivity contribution >= 4 is 11.8 Å². The second-order valence-electron chi connectivity index (χ2n) is 4.27. The third-order valence-corrected chi connectivity index (χ3v) is 2.68. The lowest BCUT2D eigenvalue weighted by atomic mass is 9.86. The number of nitrogens with one attached hydrogen (secondary N) is 3. The molecule has 0 radical (unpaired) electrons. The third-order valence-electron chi connectivity index (χ3n) is 2.68. The Morgan fingerprint density at radius 3 is 2.31 bits per heavy atom. The fourth-order valence-corrected chi connectivity index (χ4v) is 1.90. The van der Waals surface area contributed by atoms with Gasteiger partial charge in [0.2, 0.25) is 11.8 Å². The lowest BCUT2D eigenvalue weighted by Crippen LogP contribution is -2.68. The molecule has 0 atom stereocenters. The van der Waals surface area contributed by atoms with Crippen LogP contribution in [0.15, 0.2) is 0 Å². The van der Waals surface area contributed by atoms with Crippen molar-refractivity contribution < 1.29 is 9.59 Å². The van der Waals surface area contributed by atoms with Crippen molar-refractivity contribution in [2.75, 3.05) is 19.6 Å². The minimum atomic E-state index is -0.624. The summed E-state index contributed by atoms with van der Waals surface area (Å²) >= 11 is 0. The van der Waals surface area contributed by atoms with E-state index < -0.39 is 5.54 Å². The van der Waals surface area contributed by atoms with Crippen LogP contribution in [0.5, 0.6) is 0 Å². The Bertz CT molecular complexity index is 260. The molecule has 2 fully saturated rings. The van der Waals surface area contributed by atoms with Gasteiger partial charge in [0.05, 0.1) is 6.54 Å². The maximum atomic E-state index is 11.6. The number of hydrogen-bond acceptors (Lipinski definition) is 3. The summed E-state index contributed by atoms with van der Waals surface area (Å²) in [4.78, 5) is 22.7. The number of rotatable bonds is 0. The highest BCUT2D eigenvalue weighted by atomic mass is 16.2. The van der Waals surface area contributed by atoms with Crippen LogP contribution in [-0.2, 0) is 9.59 Å². The predicted octanol–water partition coefficient (Wildman–Crippen LogP) is -0.229. The van der Waals surface area contributed by atoms with Gasteiger partial charge < -0.3 is 16.0 Å². The van der Waals surface area contributed by atoms with E-state index in [-0.39, 0.29) is 18.4 Å². The van der Waals surface area contributed by atoms with E-state index in [2.05, 4.69) is 29.8 Å². The standard InChI is InChI=1S/C8H13N3O2.C3H8/c12-6-5-10-7(13)8(11-6)1-3-9-4-2-8;1-3-2/h9H,1-5H2,(H,10,13)(H,11,12);3H2,1-2H3. The third kappa shape index (κ3) is 2.95. The van der Waals surface area contributed by atoms with Crippen LogP contribution in [0.3, 0.4) is 0 Å². The van der Waals surface area contributed by atoms with E-state index in [1.54, 1.807) is 0 Å². The lowest BCUT2D eigenvalue weighted by Gasteiger charge is -2.39. The highest BCUT2D eigenvalue weighted by Gasteiger charge is 2.43. The topological polar surface area (TPSA) is 70.2 Å². The van der Waals surface area contributed by atoms with Gasteiger partial charge >= 0.3 is 0 Å². The Morgan fingerprint density at radius 2 is 1.75 bits per heavy atom. The van der Waals surface area contributed by atoms with Crippen LogP contribution < -0.4 is 16.0 Å². The largest absolute Gasteiger partial charge is 0.345 e. The summed E-state index contributed by atoms with van der Waals surface area (Å²) in [7, 11) is 0. The smallest absolute Gasteiger partial charge is 0.246 e. The normalized spacial score (nSPS) is 22.9. The monoisotopic (exact) mass is 227 g/mol. The first-order chi connectivity index (χ1) is 7.64. The van der Waals surface area contributed by atoms with Gasteiger partial charge in [-0.1, -0.05) is 20.3 Å². The second-order valence-corrected chi connectivity index (χ2v) is 4.27. The molecule has 5 heteroatoms. The summed E-state index contributed by atoms with van der Waals surface area (Å²) in [5.74, 6) is -0.116. The Labute approximate surface area is 96.4 Å². The quantitative estimate of drug-likeness (QED) is 0.535. The molecule has 0 aromatic heterocycles. The molecule has 0 aromatic carbocycles. The zero-order chi connectivity index (χ0) is 12.0. The molecule has 0 unspecified atom stereocenters. The Kier molecular flexibility index (Phi) is 4.73. The molecular formula is C11H21N3O2. The van der Waals surface area contributed by atoms with Crippen molar-refractivity contribution in [1.29, 1.82) is 0 Å². The number of carbonyl (C=O) groups is 2. The zero-order valence-corrected chi connectivity index (χ0v) is 10.1. The fraction of sp³-hybridized carbons (Fsp3) is 0.818. The summed E-state index contributed by atoms with van der Waals surface area (Å²) in [5, 5.41) is 8.56. The van der Waals surface area contributed by atoms with Gasteiger partial charge in [0.15, 0.2) is 0 Å². The molecular weight excluding hydrogens is 206 g/mol. The first kappa shape index (κ1) is 13.0. The van der Waals surface area contributed by atoms with E-state index in [9.17, 15) is 9.59 Å². The number of piperidine rings is 1. The van der Waals surface area contributed by atoms with Crippen LogP contribution in [0.25, 0.3) is 0 Å². The van der Waals surface area contributed by atoms with Crippen molar-refractivity contribution in [3.05, 3.63) is 0 Å². The van der Waals surface area contributed by atoms with Crippen molar-refractivity contribution in [2.45, 2.75) is 38.6 Å². The minimum Gasteiger partial charge on any atom is -0.345 e. The van der Waals surface area contributed by atoms with Gasteiger partial charge in [-0.3, -0.25) is 9.59 Å². The Hall–Kier alpha value is -1.10. The SMILES string of the molecule is CCC.O=C1CNC(=O)C2(CCNCC2)N1. The van der Waals surface area contributed by atoms with Crippen molar-refractivity contribution in [1.82, 2.24) is 16.0 Å². The maximum absolute atomic E-state index is 11.6. The molecule has 2 amide bonds. The van der Waals surface area contributed by atoms with Gasteiger partial charge in [-0.15, -0.1) is 0 Å². The van der Waals surface area contributed by atoms with Crippen LogP contribution >= 0.6 is 0 Å². The van der Waals surface area contributed by atoms with Gasteiger partial charge in [-0.05, 0) is 25.9 Å². The fourth-order valence-electron chi connectivity index (χ4n) is 1.90. The molecule has 2 heterocycles. The first-order valence-electron chi connectivity index (χ1n) is 5.94. The molecule has 0 aromatic rings. The molecule has 0 bridgehead atoms. The van der Waals surface area contributed by atoms with Gasteiger partial charge in [0.25, 0.3) is 0 Å². The van der Waals surface area contributed by atoms with Gasteiger partial charge in [-0.25, -0.2) is 0 Å². The van der Waals surface area contributed by atoms with Crippen LogP contribution in [0.4, 0.5) is 0 Å². The molecule has 16 heavy (non-hydrogen) atoms. The van der Waals surface area contributed by atoms with Crippen LogP contribution in [0.1, 0.15) is 33.1 Å². The van der Waals surface area contributed by atoms with E-state index in [1.165, 1.54) is 6.42 Å². The molecule has 2 aliphatic heterocycles. The molecule has 0 saturated carbocycles. The molecule has 2 saturated heterocycles. The Balaban J connectivity index is 0.000000386. The van der Waals surface area contributed by atoms with Crippen molar-refractivity contribution in [3.8, 4) is 0 Å². The van der Waals surface area contributed by atoms with E-state index in [0.717, 1.165) is 13.1 Å². The molecule has 2 rings (SSSR count). The van der Waals surface area contributed by atoms with Crippen LogP contribution in [-0.4, -0.2) is 37.0 Å². The predicted molar refractivity (Wildman–Crippen MR) is 62.0 cm³/mol. The van der Waals surface area contributed by atoms with Gasteiger partial charge in [0, 0.05) is 0 Å².